The largest absolute Gasteiger partial charge is 0.343 e. The molecule has 0 saturated carbocycles. The van der Waals surface area contributed by atoms with Crippen LogP contribution in [0.1, 0.15) is 29.5 Å². The highest BCUT2D eigenvalue weighted by atomic mass is 35.5. The molecule has 0 radical (unpaired) electrons. The topological polar surface area (TPSA) is 36.4 Å². The van der Waals surface area contributed by atoms with Crippen molar-refractivity contribution in [3.8, 4) is 0 Å². The smallest absolute Gasteiger partial charge is 0.108 e. The van der Waals surface area contributed by atoms with E-state index < -0.39 is 0 Å². The first-order chi connectivity index (χ1) is 12.6. The second kappa shape index (κ2) is 7.22. The number of halogens is 2. The van der Waals surface area contributed by atoms with Gasteiger partial charge in [0.2, 0.25) is 0 Å². The zero-order chi connectivity index (χ0) is 18.1. The first-order valence-electron chi connectivity index (χ1n) is 9.12. The monoisotopic (exact) mass is 387 g/mol. The summed E-state index contributed by atoms with van der Waals surface area (Å²) >= 11 is 12.5. The van der Waals surface area contributed by atoms with Gasteiger partial charge in [-0.1, -0.05) is 53.0 Å². The number of nitrogens with zero attached hydrogens (tertiary/aromatic N) is 1. The standard InChI is InChI=1S/C21H23Cl2N3/c1-14-3-2-4-15(9-14)13-25-20-21(5-7-24-8-6-21)12-16-10-17(22)18(23)11-19(16)26-20/h2-4,9-11,24H,5-8,12-13H2,1H3,(H,25,26). The van der Waals surface area contributed by atoms with Crippen LogP contribution in [0.4, 0.5) is 5.69 Å². The minimum absolute atomic E-state index is 0.0548. The Bertz CT molecular complexity index is 854. The van der Waals surface area contributed by atoms with Crippen LogP contribution >= 0.6 is 23.2 Å². The van der Waals surface area contributed by atoms with Gasteiger partial charge < -0.3 is 10.6 Å². The van der Waals surface area contributed by atoms with E-state index in [1.807, 2.05) is 12.1 Å². The maximum absolute atomic E-state index is 6.26. The van der Waals surface area contributed by atoms with Crippen LogP contribution in [0.3, 0.4) is 0 Å². The molecule has 0 atom stereocenters. The summed E-state index contributed by atoms with van der Waals surface area (Å²) in [6.45, 7) is 4.84. The van der Waals surface area contributed by atoms with Crippen LogP contribution in [0, 0.1) is 12.3 Å². The van der Waals surface area contributed by atoms with Gasteiger partial charge in [-0.25, -0.2) is 0 Å². The number of aliphatic imine (C=N–C) groups is 1. The molecule has 2 heterocycles. The van der Waals surface area contributed by atoms with Crippen molar-refractivity contribution < 1.29 is 0 Å². The Morgan fingerprint density at radius 3 is 2.62 bits per heavy atom. The third-order valence-corrected chi connectivity index (χ3v) is 6.22. The molecule has 2 aliphatic rings. The number of aryl methyl sites for hydroxylation is 1. The number of benzene rings is 2. The number of hydrogen-bond donors (Lipinski definition) is 2. The number of nitrogens with one attached hydrogen (secondary N) is 2. The molecule has 0 unspecified atom stereocenters. The lowest BCUT2D eigenvalue weighted by Gasteiger charge is -2.43. The van der Waals surface area contributed by atoms with E-state index in [1.54, 1.807) is 0 Å². The predicted molar refractivity (Wildman–Crippen MR) is 111 cm³/mol. The molecule has 1 spiro atoms. The highest BCUT2D eigenvalue weighted by Gasteiger charge is 2.41. The lowest BCUT2D eigenvalue weighted by Crippen LogP contribution is -2.48. The van der Waals surface area contributed by atoms with Crippen molar-refractivity contribution in [1.82, 2.24) is 5.32 Å². The van der Waals surface area contributed by atoms with Crippen LogP contribution in [0.5, 0.6) is 0 Å². The molecule has 136 valence electrons. The number of anilines is 1. The Kier molecular flexibility index (Phi) is 4.96. The molecule has 2 N–H and O–H groups in total. The van der Waals surface area contributed by atoms with Crippen molar-refractivity contribution in [2.45, 2.75) is 32.7 Å². The maximum Gasteiger partial charge on any atom is 0.108 e. The highest BCUT2D eigenvalue weighted by Crippen LogP contribution is 2.43. The van der Waals surface area contributed by atoms with Crippen LogP contribution in [0.25, 0.3) is 0 Å². The minimum atomic E-state index is 0.0548. The first-order valence-corrected chi connectivity index (χ1v) is 9.87. The number of rotatable bonds is 2. The molecule has 5 heteroatoms. The Labute approximate surface area is 164 Å². The van der Waals surface area contributed by atoms with Gasteiger partial charge in [-0.2, -0.15) is 0 Å². The fraction of sp³-hybridized carbons (Fsp3) is 0.381. The average Bonchev–Trinajstić information content (AvgIpc) is 2.62. The molecule has 4 rings (SSSR count). The summed E-state index contributed by atoms with van der Waals surface area (Å²) in [5.41, 5.74) is 4.83. The van der Waals surface area contributed by atoms with Gasteiger partial charge >= 0.3 is 0 Å². The zero-order valence-electron chi connectivity index (χ0n) is 14.9. The van der Waals surface area contributed by atoms with Gasteiger partial charge in [0, 0.05) is 11.1 Å². The van der Waals surface area contributed by atoms with Crippen LogP contribution in [-0.2, 0) is 13.0 Å². The molecule has 1 saturated heterocycles. The molecule has 2 aromatic carbocycles. The molecule has 26 heavy (non-hydrogen) atoms. The zero-order valence-corrected chi connectivity index (χ0v) is 16.4. The average molecular weight is 388 g/mol. The van der Waals surface area contributed by atoms with Crippen molar-refractivity contribution in [2.24, 2.45) is 10.4 Å². The molecule has 0 bridgehead atoms. The first kappa shape index (κ1) is 17.8. The number of hydrogen-bond acceptors (Lipinski definition) is 2. The number of amidine groups is 1. The van der Waals surface area contributed by atoms with Gasteiger partial charge in [-0.05, 0) is 62.5 Å². The predicted octanol–water partition coefficient (Wildman–Crippen LogP) is 5.24. The van der Waals surface area contributed by atoms with Crippen molar-refractivity contribution in [3.05, 3.63) is 63.1 Å². The quantitative estimate of drug-likeness (QED) is 0.738. The molecular formula is C21H23Cl2N3. The number of fused-ring (bicyclic) bond motifs is 1. The molecule has 2 aliphatic heterocycles. The second-order valence-electron chi connectivity index (χ2n) is 7.41. The van der Waals surface area contributed by atoms with Crippen molar-refractivity contribution in [3.63, 3.8) is 0 Å². The summed E-state index contributed by atoms with van der Waals surface area (Å²) in [6.07, 6.45) is 3.11. The van der Waals surface area contributed by atoms with Crippen molar-refractivity contribution in [1.29, 1.82) is 0 Å². The van der Waals surface area contributed by atoms with E-state index in [4.69, 9.17) is 28.2 Å². The third kappa shape index (κ3) is 3.48. The number of piperidine rings is 1. The van der Waals surface area contributed by atoms with Gasteiger partial charge in [0.1, 0.15) is 5.84 Å². The van der Waals surface area contributed by atoms with Gasteiger partial charge in [-0.15, -0.1) is 0 Å². The Morgan fingerprint density at radius 2 is 1.85 bits per heavy atom. The molecule has 1 fully saturated rings. The summed E-state index contributed by atoms with van der Waals surface area (Å²) in [4.78, 5) is 5.02. The SMILES string of the molecule is Cc1cccc(CN=C2Nc3cc(Cl)c(Cl)cc3CC23CCNCC3)c1. The van der Waals surface area contributed by atoms with E-state index in [0.717, 1.165) is 43.9 Å². The van der Waals surface area contributed by atoms with Crippen LogP contribution < -0.4 is 10.6 Å². The van der Waals surface area contributed by atoms with Gasteiger partial charge in [0.05, 0.1) is 16.6 Å². The third-order valence-electron chi connectivity index (χ3n) is 5.49. The fourth-order valence-electron chi connectivity index (χ4n) is 4.07. The van der Waals surface area contributed by atoms with E-state index in [2.05, 4.69) is 41.8 Å². The van der Waals surface area contributed by atoms with Gasteiger partial charge in [0.15, 0.2) is 0 Å². The summed E-state index contributed by atoms with van der Waals surface area (Å²) in [5.74, 6) is 1.09. The summed E-state index contributed by atoms with van der Waals surface area (Å²) in [6, 6.07) is 12.5. The lowest BCUT2D eigenvalue weighted by atomic mass is 9.71. The van der Waals surface area contributed by atoms with Crippen LogP contribution in [0.15, 0.2) is 41.4 Å². The molecule has 2 aromatic rings. The maximum atomic E-state index is 6.26. The summed E-state index contributed by atoms with van der Waals surface area (Å²) in [7, 11) is 0. The van der Waals surface area contributed by atoms with Crippen molar-refractivity contribution in [2.75, 3.05) is 18.4 Å². The summed E-state index contributed by atoms with van der Waals surface area (Å²) < 4.78 is 0. The fourth-order valence-corrected chi connectivity index (χ4v) is 4.42. The second-order valence-corrected chi connectivity index (χ2v) is 8.22. The Balaban J connectivity index is 1.70. The molecule has 0 aliphatic carbocycles. The van der Waals surface area contributed by atoms with Crippen molar-refractivity contribution >= 4 is 34.7 Å². The Hall–Kier alpha value is -1.55. The van der Waals surface area contributed by atoms with E-state index >= 15 is 0 Å². The van der Waals surface area contributed by atoms with Crippen LogP contribution in [-0.4, -0.2) is 18.9 Å². The van der Waals surface area contributed by atoms with E-state index in [1.165, 1.54) is 16.7 Å². The molecule has 3 nitrogen and oxygen atoms in total. The highest BCUT2D eigenvalue weighted by molar-refractivity contribution is 6.42. The Morgan fingerprint density at radius 1 is 1.08 bits per heavy atom. The minimum Gasteiger partial charge on any atom is -0.343 e. The molecular weight excluding hydrogens is 365 g/mol. The molecule has 0 aromatic heterocycles. The molecule has 0 amide bonds. The van der Waals surface area contributed by atoms with E-state index in [0.29, 0.717) is 16.6 Å². The normalized spacial score (nSPS) is 20.0. The van der Waals surface area contributed by atoms with Gasteiger partial charge in [-0.3, -0.25) is 4.99 Å². The van der Waals surface area contributed by atoms with Gasteiger partial charge in [0.25, 0.3) is 0 Å². The van der Waals surface area contributed by atoms with E-state index in [9.17, 15) is 0 Å². The van der Waals surface area contributed by atoms with E-state index in [-0.39, 0.29) is 5.41 Å². The van der Waals surface area contributed by atoms with Crippen LogP contribution in [0.2, 0.25) is 10.0 Å². The lowest BCUT2D eigenvalue weighted by molar-refractivity contribution is 0.293. The summed E-state index contributed by atoms with van der Waals surface area (Å²) in [5, 5.41) is 8.26.